The van der Waals surface area contributed by atoms with Crippen LogP contribution in [0.15, 0.2) is 17.0 Å². The van der Waals surface area contributed by atoms with E-state index in [4.69, 9.17) is 14.6 Å². The third kappa shape index (κ3) is 5.30. The lowest BCUT2D eigenvalue weighted by Gasteiger charge is -2.17. The molecular weight excluding hydrogens is 290 g/mol. The molecule has 21 heavy (non-hydrogen) atoms. The zero-order valence-electron chi connectivity index (χ0n) is 13.2. The number of sulfonamides is 1. The number of primary sulfonamides is 1. The van der Waals surface area contributed by atoms with Gasteiger partial charge in [0.05, 0.1) is 11.5 Å². The van der Waals surface area contributed by atoms with Crippen molar-refractivity contribution in [3.05, 3.63) is 23.3 Å². The van der Waals surface area contributed by atoms with Gasteiger partial charge in [0.25, 0.3) is 0 Å². The maximum atomic E-state index is 11.6. The standard InChI is InChI=1S/C15H25NO4S/c1-11(2)13-10-15(21(16,17)18)12(3)9-14(13)20-8-6-5-7-19-4/h9-11H,5-8H2,1-4H3,(H2,16,17,18). The third-order valence-corrected chi connectivity index (χ3v) is 4.29. The van der Waals surface area contributed by atoms with Crippen molar-refractivity contribution in [2.75, 3.05) is 20.3 Å². The average Bonchev–Trinajstić information content (AvgIpc) is 2.36. The summed E-state index contributed by atoms with van der Waals surface area (Å²) in [5.74, 6) is 0.882. The third-order valence-electron chi connectivity index (χ3n) is 3.24. The Kier molecular flexibility index (Phi) is 6.64. The van der Waals surface area contributed by atoms with Crippen LogP contribution in [-0.2, 0) is 14.8 Å². The Morgan fingerprint density at radius 2 is 1.81 bits per heavy atom. The molecule has 0 heterocycles. The Labute approximate surface area is 127 Å². The van der Waals surface area contributed by atoms with Crippen molar-refractivity contribution < 1.29 is 17.9 Å². The van der Waals surface area contributed by atoms with Crippen LogP contribution in [0.3, 0.4) is 0 Å². The Bertz CT molecular complexity index is 567. The maximum Gasteiger partial charge on any atom is 0.238 e. The minimum absolute atomic E-state index is 0.153. The molecule has 120 valence electrons. The van der Waals surface area contributed by atoms with Gasteiger partial charge < -0.3 is 9.47 Å². The summed E-state index contributed by atoms with van der Waals surface area (Å²) in [6, 6.07) is 3.38. The van der Waals surface area contributed by atoms with E-state index in [9.17, 15) is 8.42 Å². The van der Waals surface area contributed by atoms with Gasteiger partial charge in [-0.1, -0.05) is 13.8 Å². The fourth-order valence-corrected chi connectivity index (χ4v) is 2.89. The number of benzene rings is 1. The summed E-state index contributed by atoms with van der Waals surface area (Å²) in [6.07, 6.45) is 1.82. The van der Waals surface area contributed by atoms with Crippen molar-refractivity contribution in [2.24, 2.45) is 5.14 Å². The lowest BCUT2D eigenvalue weighted by atomic mass is 10.0. The SMILES string of the molecule is COCCCCOc1cc(C)c(S(N)(=O)=O)cc1C(C)C. The summed E-state index contributed by atoms with van der Waals surface area (Å²) in [6.45, 7) is 7.01. The van der Waals surface area contributed by atoms with Crippen LogP contribution in [0.4, 0.5) is 0 Å². The lowest BCUT2D eigenvalue weighted by molar-refractivity contribution is 0.184. The molecule has 0 atom stereocenters. The molecule has 0 aromatic heterocycles. The van der Waals surface area contributed by atoms with Crippen LogP contribution in [0.2, 0.25) is 0 Å². The molecule has 0 aliphatic carbocycles. The highest BCUT2D eigenvalue weighted by Crippen LogP contribution is 2.31. The number of aryl methyl sites for hydroxylation is 1. The van der Waals surface area contributed by atoms with E-state index in [2.05, 4.69) is 0 Å². The van der Waals surface area contributed by atoms with E-state index in [1.807, 2.05) is 13.8 Å². The first-order valence-corrected chi connectivity index (χ1v) is 8.61. The molecule has 0 radical (unpaired) electrons. The van der Waals surface area contributed by atoms with Gasteiger partial charge in [-0.3, -0.25) is 0 Å². The normalized spacial score (nSPS) is 11.9. The van der Waals surface area contributed by atoms with Crippen LogP contribution in [0.25, 0.3) is 0 Å². The molecule has 5 nitrogen and oxygen atoms in total. The monoisotopic (exact) mass is 315 g/mol. The molecule has 1 aromatic rings. The van der Waals surface area contributed by atoms with Gasteiger partial charge in [-0.2, -0.15) is 0 Å². The van der Waals surface area contributed by atoms with Gasteiger partial charge in [0.15, 0.2) is 0 Å². The average molecular weight is 315 g/mol. The van der Waals surface area contributed by atoms with E-state index < -0.39 is 10.0 Å². The van der Waals surface area contributed by atoms with Gasteiger partial charge in [0.1, 0.15) is 5.75 Å². The molecule has 0 aliphatic heterocycles. The topological polar surface area (TPSA) is 78.6 Å². The second kappa shape index (κ2) is 7.77. The summed E-state index contributed by atoms with van der Waals surface area (Å²) in [5, 5.41) is 5.25. The molecule has 2 N–H and O–H groups in total. The van der Waals surface area contributed by atoms with Crippen molar-refractivity contribution in [3.8, 4) is 5.75 Å². The Morgan fingerprint density at radius 3 is 2.33 bits per heavy atom. The van der Waals surface area contributed by atoms with Crippen LogP contribution in [0.5, 0.6) is 5.75 Å². The number of hydrogen-bond donors (Lipinski definition) is 1. The summed E-state index contributed by atoms with van der Waals surface area (Å²) >= 11 is 0. The number of ether oxygens (including phenoxy) is 2. The first-order valence-electron chi connectivity index (χ1n) is 7.06. The van der Waals surface area contributed by atoms with E-state index in [1.54, 1.807) is 26.2 Å². The number of unbranched alkanes of at least 4 members (excludes halogenated alkanes) is 1. The summed E-state index contributed by atoms with van der Waals surface area (Å²) < 4.78 is 34.0. The summed E-state index contributed by atoms with van der Waals surface area (Å²) in [5.41, 5.74) is 1.46. The summed E-state index contributed by atoms with van der Waals surface area (Å²) in [7, 11) is -2.04. The van der Waals surface area contributed by atoms with Gasteiger partial charge in [0, 0.05) is 13.7 Å². The second-order valence-corrected chi connectivity index (χ2v) is 6.93. The molecule has 0 bridgehead atoms. The predicted molar refractivity (Wildman–Crippen MR) is 83.2 cm³/mol. The number of hydrogen-bond acceptors (Lipinski definition) is 4. The zero-order chi connectivity index (χ0) is 16.0. The Balaban J connectivity index is 2.96. The molecule has 0 saturated carbocycles. The quantitative estimate of drug-likeness (QED) is 0.748. The molecule has 1 rings (SSSR count). The van der Waals surface area contributed by atoms with E-state index >= 15 is 0 Å². The fourth-order valence-electron chi connectivity index (χ4n) is 2.09. The highest BCUT2D eigenvalue weighted by atomic mass is 32.2. The van der Waals surface area contributed by atoms with Crippen molar-refractivity contribution in [1.82, 2.24) is 0 Å². The molecule has 1 aromatic carbocycles. The second-order valence-electron chi connectivity index (χ2n) is 5.40. The Hall–Kier alpha value is -1.11. The molecule has 0 spiro atoms. The lowest BCUT2D eigenvalue weighted by Crippen LogP contribution is -2.15. The van der Waals surface area contributed by atoms with Crippen molar-refractivity contribution in [2.45, 2.75) is 44.4 Å². The van der Waals surface area contributed by atoms with Gasteiger partial charge in [-0.05, 0) is 48.9 Å². The number of nitrogens with two attached hydrogens (primary N) is 1. The van der Waals surface area contributed by atoms with Crippen LogP contribution in [0, 0.1) is 6.92 Å². The Morgan fingerprint density at radius 1 is 1.19 bits per heavy atom. The molecule has 0 aliphatic rings. The number of rotatable bonds is 8. The minimum atomic E-state index is -3.71. The van der Waals surface area contributed by atoms with Gasteiger partial charge in [-0.25, -0.2) is 13.6 Å². The van der Waals surface area contributed by atoms with Crippen molar-refractivity contribution in [1.29, 1.82) is 0 Å². The number of methoxy groups -OCH3 is 1. The first-order chi connectivity index (χ1) is 9.77. The van der Waals surface area contributed by atoms with E-state index in [-0.39, 0.29) is 10.8 Å². The van der Waals surface area contributed by atoms with Crippen LogP contribution in [-0.4, -0.2) is 28.7 Å². The highest BCUT2D eigenvalue weighted by molar-refractivity contribution is 7.89. The van der Waals surface area contributed by atoms with Gasteiger partial charge in [-0.15, -0.1) is 0 Å². The molecule has 0 saturated heterocycles. The van der Waals surface area contributed by atoms with Crippen molar-refractivity contribution >= 4 is 10.0 Å². The molecule has 0 fully saturated rings. The predicted octanol–water partition coefficient (Wildman–Crippen LogP) is 2.57. The zero-order valence-corrected chi connectivity index (χ0v) is 14.0. The molecule has 6 heteroatoms. The van der Waals surface area contributed by atoms with Gasteiger partial charge >= 0.3 is 0 Å². The van der Waals surface area contributed by atoms with Gasteiger partial charge in [0.2, 0.25) is 10.0 Å². The first kappa shape index (κ1) is 17.9. The largest absolute Gasteiger partial charge is 0.493 e. The molecular formula is C15H25NO4S. The smallest absolute Gasteiger partial charge is 0.238 e. The van der Waals surface area contributed by atoms with Crippen LogP contribution >= 0.6 is 0 Å². The highest BCUT2D eigenvalue weighted by Gasteiger charge is 2.17. The van der Waals surface area contributed by atoms with Crippen molar-refractivity contribution in [3.63, 3.8) is 0 Å². The minimum Gasteiger partial charge on any atom is -0.493 e. The molecule has 0 amide bonds. The van der Waals surface area contributed by atoms with Crippen LogP contribution < -0.4 is 9.88 Å². The van der Waals surface area contributed by atoms with E-state index in [0.29, 0.717) is 18.8 Å². The van der Waals surface area contributed by atoms with E-state index in [0.717, 1.165) is 24.2 Å². The van der Waals surface area contributed by atoms with Crippen LogP contribution in [0.1, 0.15) is 43.7 Å². The maximum absolute atomic E-state index is 11.6. The molecule has 0 unspecified atom stereocenters. The van der Waals surface area contributed by atoms with E-state index in [1.165, 1.54) is 0 Å². The summed E-state index contributed by atoms with van der Waals surface area (Å²) in [4.78, 5) is 0.165. The fraction of sp³-hybridized carbons (Fsp3) is 0.600.